The van der Waals surface area contributed by atoms with Crippen molar-refractivity contribution in [1.29, 1.82) is 0 Å². The molecular weight excluding hydrogens is 250 g/mol. The van der Waals surface area contributed by atoms with Gasteiger partial charge in [0.25, 0.3) is 0 Å². The smallest absolute Gasteiger partial charge is 0.115 e. The fourth-order valence-corrected chi connectivity index (χ4v) is 2.35. The van der Waals surface area contributed by atoms with E-state index in [0.717, 1.165) is 23.0 Å². The molecule has 0 saturated carbocycles. The second-order valence-corrected chi connectivity index (χ2v) is 5.09. The summed E-state index contributed by atoms with van der Waals surface area (Å²) in [5.41, 5.74) is 3.31. The van der Waals surface area contributed by atoms with E-state index < -0.39 is 0 Å². The van der Waals surface area contributed by atoms with Crippen molar-refractivity contribution in [2.45, 2.75) is 19.4 Å². The van der Waals surface area contributed by atoms with E-state index in [1.807, 2.05) is 18.3 Å². The highest BCUT2D eigenvalue weighted by atomic mass is 16.3. The molecule has 0 spiro atoms. The number of phenols is 1. The molecule has 1 atom stereocenters. The van der Waals surface area contributed by atoms with Crippen LogP contribution in [-0.4, -0.2) is 21.3 Å². The maximum Gasteiger partial charge on any atom is 0.115 e. The van der Waals surface area contributed by atoms with E-state index in [0.29, 0.717) is 11.8 Å². The minimum Gasteiger partial charge on any atom is -0.508 e. The van der Waals surface area contributed by atoms with Gasteiger partial charge in [0, 0.05) is 17.1 Å². The Morgan fingerprint density at radius 3 is 2.80 bits per heavy atom. The number of aromatic amines is 1. The molecule has 4 heteroatoms. The van der Waals surface area contributed by atoms with Gasteiger partial charge in [0.1, 0.15) is 5.75 Å². The van der Waals surface area contributed by atoms with Crippen LogP contribution < -0.4 is 5.32 Å². The molecule has 1 unspecified atom stereocenters. The molecule has 0 bridgehead atoms. The lowest BCUT2D eigenvalue weighted by Crippen LogP contribution is -2.17. The quantitative estimate of drug-likeness (QED) is 0.679. The van der Waals surface area contributed by atoms with Gasteiger partial charge in [-0.15, -0.1) is 0 Å². The molecular formula is C16H17N3O. The normalized spacial score (nSPS) is 12.4. The largest absolute Gasteiger partial charge is 0.508 e. The molecule has 0 fully saturated rings. The lowest BCUT2D eigenvalue weighted by atomic mass is 10.1. The van der Waals surface area contributed by atoms with E-state index in [9.17, 15) is 5.11 Å². The first kappa shape index (κ1) is 12.5. The number of aromatic hydroxyl groups is 1. The average molecular weight is 267 g/mol. The zero-order valence-corrected chi connectivity index (χ0v) is 11.3. The summed E-state index contributed by atoms with van der Waals surface area (Å²) in [6.45, 7) is 2.14. The van der Waals surface area contributed by atoms with Gasteiger partial charge in [-0.05, 0) is 49.2 Å². The molecule has 0 aliphatic heterocycles. The predicted molar refractivity (Wildman–Crippen MR) is 81.0 cm³/mol. The van der Waals surface area contributed by atoms with E-state index in [4.69, 9.17) is 0 Å². The Morgan fingerprint density at radius 2 is 2.00 bits per heavy atom. The van der Waals surface area contributed by atoms with Crippen LogP contribution in [0, 0.1) is 0 Å². The summed E-state index contributed by atoms with van der Waals surface area (Å²) in [5, 5.41) is 20.9. The lowest BCUT2D eigenvalue weighted by molar-refractivity contribution is 0.475. The molecule has 0 amide bonds. The number of anilines is 1. The molecule has 3 rings (SSSR count). The standard InChI is InChI=1S/C16H17N3O/c1-11(8-12-2-6-15(20)7-3-12)18-14-5-4-13-10-17-19-16(13)9-14/h2-7,9-11,18,20H,8H2,1H3,(H,17,19). The van der Waals surface area contributed by atoms with Crippen LogP contribution in [0.1, 0.15) is 12.5 Å². The zero-order valence-electron chi connectivity index (χ0n) is 11.3. The Morgan fingerprint density at radius 1 is 1.20 bits per heavy atom. The third-order valence-corrected chi connectivity index (χ3v) is 3.33. The highest BCUT2D eigenvalue weighted by molar-refractivity contribution is 5.81. The number of nitrogens with one attached hydrogen (secondary N) is 2. The molecule has 1 heterocycles. The van der Waals surface area contributed by atoms with Gasteiger partial charge in [0.2, 0.25) is 0 Å². The van der Waals surface area contributed by atoms with Gasteiger partial charge < -0.3 is 10.4 Å². The number of aromatic nitrogens is 2. The summed E-state index contributed by atoms with van der Waals surface area (Å²) >= 11 is 0. The summed E-state index contributed by atoms with van der Waals surface area (Å²) < 4.78 is 0. The highest BCUT2D eigenvalue weighted by Gasteiger charge is 2.05. The van der Waals surface area contributed by atoms with Gasteiger partial charge in [-0.2, -0.15) is 5.10 Å². The highest BCUT2D eigenvalue weighted by Crippen LogP contribution is 2.18. The first-order chi connectivity index (χ1) is 9.70. The second-order valence-electron chi connectivity index (χ2n) is 5.09. The van der Waals surface area contributed by atoms with Crippen LogP contribution in [0.2, 0.25) is 0 Å². The average Bonchev–Trinajstić information content (AvgIpc) is 2.89. The summed E-state index contributed by atoms with van der Waals surface area (Å²) in [4.78, 5) is 0. The fraction of sp³-hybridized carbons (Fsp3) is 0.188. The van der Waals surface area contributed by atoms with Crippen LogP contribution in [0.5, 0.6) is 5.75 Å². The van der Waals surface area contributed by atoms with Gasteiger partial charge in [0.15, 0.2) is 0 Å². The molecule has 0 aliphatic rings. The van der Waals surface area contributed by atoms with E-state index in [1.54, 1.807) is 12.1 Å². The van der Waals surface area contributed by atoms with Crippen molar-refractivity contribution in [3.8, 4) is 5.75 Å². The SMILES string of the molecule is CC(Cc1ccc(O)cc1)Nc1ccc2cn[nH]c2c1. The number of hydrogen-bond acceptors (Lipinski definition) is 3. The number of rotatable bonds is 4. The molecule has 102 valence electrons. The number of hydrogen-bond donors (Lipinski definition) is 3. The van der Waals surface area contributed by atoms with Crippen molar-refractivity contribution in [1.82, 2.24) is 10.2 Å². The van der Waals surface area contributed by atoms with Crippen LogP contribution in [0.25, 0.3) is 10.9 Å². The minimum atomic E-state index is 0.305. The fourth-order valence-electron chi connectivity index (χ4n) is 2.35. The van der Waals surface area contributed by atoms with Gasteiger partial charge in [-0.3, -0.25) is 5.10 Å². The first-order valence-electron chi connectivity index (χ1n) is 6.68. The molecule has 20 heavy (non-hydrogen) atoms. The maximum atomic E-state index is 9.28. The summed E-state index contributed by atoms with van der Waals surface area (Å²) in [5.74, 6) is 0.305. The second kappa shape index (κ2) is 5.25. The third-order valence-electron chi connectivity index (χ3n) is 3.33. The van der Waals surface area contributed by atoms with Crippen molar-refractivity contribution in [3.63, 3.8) is 0 Å². The zero-order chi connectivity index (χ0) is 13.9. The third kappa shape index (κ3) is 2.74. The predicted octanol–water partition coefficient (Wildman–Crippen LogP) is 3.31. The van der Waals surface area contributed by atoms with Crippen molar-refractivity contribution in [2.75, 3.05) is 5.32 Å². The van der Waals surface area contributed by atoms with E-state index in [1.165, 1.54) is 5.56 Å². The van der Waals surface area contributed by atoms with Gasteiger partial charge in [0.05, 0.1) is 11.7 Å². The van der Waals surface area contributed by atoms with Crippen molar-refractivity contribution in [3.05, 3.63) is 54.2 Å². The Bertz CT molecular complexity index is 703. The topological polar surface area (TPSA) is 60.9 Å². The van der Waals surface area contributed by atoms with Gasteiger partial charge in [-0.1, -0.05) is 12.1 Å². The minimum absolute atomic E-state index is 0.305. The number of benzene rings is 2. The summed E-state index contributed by atoms with van der Waals surface area (Å²) in [6, 6.07) is 13.8. The summed E-state index contributed by atoms with van der Waals surface area (Å²) in [6.07, 6.45) is 2.72. The molecule has 0 aliphatic carbocycles. The molecule has 2 aromatic carbocycles. The molecule has 1 aromatic heterocycles. The Labute approximate surface area is 117 Å². The molecule has 0 saturated heterocycles. The van der Waals surface area contributed by atoms with Gasteiger partial charge >= 0.3 is 0 Å². The number of nitrogens with zero attached hydrogens (tertiary/aromatic N) is 1. The Kier molecular flexibility index (Phi) is 3.29. The van der Waals surface area contributed by atoms with Crippen molar-refractivity contribution >= 4 is 16.6 Å². The van der Waals surface area contributed by atoms with E-state index in [2.05, 4.69) is 40.6 Å². The monoisotopic (exact) mass is 267 g/mol. The van der Waals surface area contributed by atoms with E-state index in [-0.39, 0.29) is 0 Å². The first-order valence-corrected chi connectivity index (χ1v) is 6.68. The Balaban J connectivity index is 1.68. The molecule has 0 radical (unpaired) electrons. The van der Waals surface area contributed by atoms with Crippen LogP contribution in [0.4, 0.5) is 5.69 Å². The molecule has 4 nitrogen and oxygen atoms in total. The Hall–Kier alpha value is -2.49. The van der Waals surface area contributed by atoms with Gasteiger partial charge in [-0.25, -0.2) is 0 Å². The van der Waals surface area contributed by atoms with Crippen LogP contribution in [0.3, 0.4) is 0 Å². The number of fused-ring (bicyclic) bond motifs is 1. The maximum absolute atomic E-state index is 9.28. The van der Waals surface area contributed by atoms with Crippen LogP contribution in [-0.2, 0) is 6.42 Å². The van der Waals surface area contributed by atoms with Crippen LogP contribution >= 0.6 is 0 Å². The van der Waals surface area contributed by atoms with Crippen molar-refractivity contribution < 1.29 is 5.11 Å². The number of H-pyrrole nitrogens is 1. The molecule has 3 aromatic rings. The van der Waals surface area contributed by atoms with Crippen LogP contribution in [0.15, 0.2) is 48.7 Å². The molecule has 3 N–H and O–H groups in total. The van der Waals surface area contributed by atoms with E-state index >= 15 is 0 Å². The van der Waals surface area contributed by atoms with Crippen molar-refractivity contribution in [2.24, 2.45) is 0 Å². The number of phenolic OH excluding ortho intramolecular Hbond substituents is 1. The lowest BCUT2D eigenvalue weighted by Gasteiger charge is -2.15. The summed E-state index contributed by atoms with van der Waals surface area (Å²) in [7, 11) is 0.